The van der Waals surface area contributed by atoms with Gasteiger partial charge in [0.15, 0.2) is 0 Å². The highest BCUT2D eigenvalue weighted by molar-refractivity contribution is 5.46. The Bertz CT molecular complexity index is 771. The average Bonchev–Trinajstić information content (AvgIpc) is 2.81. The molecule has 168 valence electrons. The van der Waals surface area contributed by atoms with Crippen molar-refractivity contribution in [3.63, 3.8) is 0 Å². The minimum atomic E-state index is -0.130. The van der Waals surface area contributed by atoms with E-state index in [1.54, 1.807) is 12.1 Å². The highest BCUT2D eigenvalue weighted by atomic mass is 19.1. The van der Waals surface area contributed by atoms with Crippen molar-refractivity contribution in [3.8, 4) is 0 Å². The van der Waals surface area contributed by atoms with Crippen LogP contribution in [-0.2, 0) is 0 Å². The predicted molar refractivity (Wildman–Crippen MR) is 128 cm³/mol. The second-order valence-electron chi connectivity index (χ2n) is 9.34. The number of benzene rings is 2. The van der Waals surface area contributed by atoms with Crippen LogP contribution in [0.15, 0.2) is 54.6 Å². The molecule has 0 radical (unpaired) electrons. The summed E-state index contributed by atoms with van der Waals surface area (Å²) in [6.07, 6.45) is 5.09. The van der Waals surface area contributed by atoms with Gasteiger partial charge in [0.25, 0.3) is 0 Å². The van der Waals surface area contributed by atoms with Gasteiger partial charge >= 0.3 is 0 Å². The van der Waals surface area contributed by atoms with Gasteiger partial charge in [-0.05, 0) is 67.6 Å². The summed E-state index contributed by atoms with van der Waals surface area (Å²) in [6.45, 7) is 11.4. The first-order valence-electron chi connectivity index (χ1n) is 12.2. The molecule has 2 aliphatic heterocycles. The van der Waals surface area contributed by atoms with Crippen LogP contribution in [0.2, 0.25) is 0 Å². The van der Waals surface area contributed by atoms with Crippen molar-refractivity contribution in [2.24, 2.45) is 5.92 Å². The Hall–Kier alpha value is -1.91. The number of para-hydroxylation sites is 1. The number of piperazine rings is 1. The summed E-state index contributed by atoms with van der Waals surface area (Å²) < 4.78 is 13.5. The number of likely N-dealkylation sites (tertiary alicyclic amines) is 1. The summed E-state index contributed by atoms with van der Waals surface area (Å²) in [4.78, 5) is 7.85. The Morgan fingerprint density at radius 1 is 0.839 bits per heavy atom. The van der Waals surface area contributed by atoms with Gasteiger partial charge in [-0.15, -0.1) is 0 Å². The molecule has 2 fully saturated rings. The fourth-order valence-electron chi connectivity index (χ4n) is 5.39. The number of piperidine rings is 1. The van der Waals surface area contributed by atoms with E-state index in [0.717, 1.165) is 32.7 Å². The van der Waals surface area contributed by atoms with Crippen molar-refractivity contribution in [2.45, 2.75) is 38.5 Å². The zero-order valence-corrected chi connectivity index (χ0v) is 19.1. The summed E-state index contributed by atoms with van der Waals surface area (Å²) >= 11 is 0. The highest BCUT2D eigenvalue weighted by Crippen LogP contribution is 2.34. The standard InChI is InChI=1S/C27H38FN3/c1-2-3-7-15-29-16-14-27(23-10-12-25(28)13-11-23)24(21-29)22-30-17-19-31(20-18-30)26-8-5-4-6-9-26/h4-6,8-13,24,27H,2-3,7,14-22H2,1H3/t24-,27-/m1/s1. The molecule has 0 unspecified atom stereocenters. The fourth-order valence-corrected chi connectivity index (χ4v) is 5.39. The molecule has 2 saturated heterocycles. The number of nitrogens with zero attached hydrogens (tertiary/aromatic N) is 3. The molecule has 3 nitrogen and oxygen atoms in total. The number of unbranched alkanes of at least 4 members (excludes halogenated alkanes) is 2. The van der Waals surface area contributed by atoms with Crippen LogP contribution in [0, 0.1) is 11.7 Å². The largest absolute Gasteiger partial charge is 0.369 e. The zero-order valence-electron chi connectivity index (χ0n) is 19.1. The van der Waals surface area contributed by atoms with E-state index >= 15 is 0 Å². The second kappa shape index (κ2) is 11.1. The van der Waals surface area contributed by atoms with Crippen molar-refractivity contribution in [1.29, 1.82) is 0 Å². The maximum absolute atomic E-state index is 13.5. The fraction of sp³-hybridized carbons (Fsp3) is 0.556. The van der Waals surface area contributed by atoms with Crippen LogP contribution in [0.25, 0.3) is 0 Å². The van der Waals surface area contributed by atoms with Crippen molar-refractivity contribution < 1.29 is 4.39 Å². The first-order valence-corrected chi connectivity index (χ1v) is 12.2. The molecule has 2 aliphatic rings. The summed E-state index contributed by atoms with van der Waals surface area (Å²) in [5, 5.41) is 0. The van der Waals surface area contributed by atoms with Crippen LogP contribution >= 0.6 is 0 Å². The molecule has 0 aliphatic carbocycles. The monoisotopic (exact) mass is 423 g/mol. The second-order valence-corrected chi connectivity index (χ2v) is 9.34. The Labute approximate surface area is 187 Å². The molecule has 31 heavy (non-hydrogen) atoms. The van der Waals surface area contributed by atoms with Crippen LogP contribution in [0.4, 0.5) is 10.1 Å². The van der Waals surface area contributed by atoms with Crippen molar-refractivity contribution in [1.82, 2.24) is 9.80 Å². The minimum absolute atomic E-state index is 0.130. The third kappa shape index (κ3) is 6.08. The Kier molecular flexibility index (Phi) is 7.98. The van der Waals surface area contributed by atoms with E-state index in [1.807, 2.05) is 12.1 Å². The van der Waals surface area contributed by atoms with E-state index in [9.17, 15) is 4.39 Å². The number of anilines is 1. The maximum Gasteiger partial charge on any atom is 0.123 e. The lowest BCUT2D eigenvalue weighted by Crippen LogP contribution is -2.51. The molecule has 0 N–H and O–H groups in total. The van der Waals surface area contributed by atoms with Crippen molar-refractivity contribution >= 4 is 5.69 Å². The lowest BCUT2D eigenvalue weighted by Gasteiger charge is -2.43. The molecular weight excluding hydrogens is 385 g/mol. The molecule has 0 amide bonds. The third-order valence-electron chi connectivity index (χ3n) is 7.18. The van der Waals surface area contributed by atoms with E-state index in [2.05, 4.69) is 52.0 Å². The summed E-state index contributed by atoms with van der Waals surface area (Å²) in [7, 11) is 0. The van der Waals surface area contributed by atoms with Crippen LogP contribution < -0.4 is 4.90 Å². The first-order chi connectivity index (χ1) is 15.2. The zero-order chi connectivity index (χ0) is 21.5. The maximum atomic E-state index is 13.5. The van der Waals surface area contributed by atoms with Gasteiger partial charge in [0.1, 0.15) is 5.82 Å². The van der Waals surface area contributed by atoms with Crippen LogP contribution in [0.5, 0.6) is 0 Å². The molecule has 0 bridgehead atoms. The molecule has 2 heterocycles. The van der Waals surface area contributed by atoms with Gasteiger partial charge in [-0.2, -0.15) is 0 Å². The van der Waals surface area contributed by atoms with E-state index in [-0.39, 0.29) is 5.82 Å². The molecule has 0 saturated carbocycles. The average molecular weight is 424 g/mol. The molecular formula is C27H38FN3. The van der Waals surface area contributed by atoms with Gasteiger partial charge in [-0.25, -0.2) is 4.39 Å². The number of rotatable bonds is 8. The summed E-state index contributed by atoms with van der Waals surface area (Å²) in [6, 6.07) is 18.1. The molecule has 4 rings (SSSR count). The Morgan fingerprint density at radius 2 is 1.58 bits per heavy atom. The topological polar surface area (TPSA) is 9.72 Å². The molecule has 0 spiro atoms. The van der Waals surface area contributed by atoms with Gasteiger partial charge in [0, 0.05) is 45.0 Å². The smallest absolute Gasteiger partial charge is 0.123 e. The quantitative estimate of drug-likeness (QED) is 0.538. The SMILES string of the molecule is CCCCCN1CC[C@H](c2ccc(F)cc2)[C@@H](CN2CCN(c3ccccc3)CC2)C1. The van der Waals surface area contributed by atoms with Gasteiger partial charge in [-0.3, -0.25) is 4.90 Å². The van der Waals surface area contributed by atoms with E-state index < -0.39 is 0 Å². The van der Waals surface area contributed by atoms with Crippen LogP contribution in [0.3, 0.4) is 0 Å². The molecule has 2 aromatic carbocycles. The number of hydrogen-bond donors (Lipinski definition) is 0. The van der Waals surface area contributed by atoms with E-state index in [0.29, 0.717) is 11.8 Å². The molecule has 0 aromatic heterocycles. The normalized spacial score (nSPS) is 23.2. The van der Waals surface area contributed by atoms with Crippen molar-refractivity contribution in [3.05, 3.63) is 66.0 Å². The summed E-state index contributed by atoms with van der Waals surface area (Å²) in [5.41, 5.74) is 2.66. The lowest BCUT2D eigenvalue weighted by atomic mass is 9.80. The lowest BCUT2D eigenvalue weighted by molar-refractivity contribution is 0.110. The Balaban J connectivity index is 1.38. The van der Waals surface area contributed by atoms with Crippen LogP contribution in [0.1, 0.15) is 44.1 Å². The predicted octanol–water partition coefficient (Wildman–Crippen LogP) is 5.24. The van der Waals surface area contributed by atoms with Crippen molar-refractivity contribution in [2.75, 3.05) is 57.3 Å². The van der Waals surface area contributed by atoms with E-state index in [1.165, 1.54) is 56.6 Å². The number of hydrogen-bond acceptors (Lipinski definition) is 3. The van der Waals surface area contributed by atoms with Crippen LogP contribution in [-0.4, -0.2) is 62.2 Å². The highest BCUT2D eigenvalue weighted by Gasteiger charge is 2.32. The van der Waals surface area contributed by atoms with Gasteiger partial charge < -0.3 is 9.80 Å². The minimum Gasteiger partial charge on any atom is -0.369 e. The van der Waals surface area contributed by atoms with Gasteiger partial charge in [0.2, 0.25) is 0 Å². The Morgan fingerprint density at radius 3 is 2.29 bits per heavy atom. The van der Waals surface area contributed by atoms with E-state index in [4.69, 9.17) is 0 Å². The molecule has 4 heteroatoms. The number of halogens is 1. The molecule has 2 atom stereocenters. The first kappa shape index (κ1) is 22.3. The molecule has 2 aromatic rings. The third-order valence-corrected chi connectivity index (χ3v) is 7.18. The van der Waals surface area contributed by atoms with Gasteiger partial charge in [0.05, 0.1) is 0 Å². The van der Waals surface area contributed by atoms with Gasteiger partial charge in [-0.1, -0.05) is 50.1 Å². The summed E-state index contributed by atoms with van der Waals surface area (Å²) in [5.74, 6) is 1.02.